The number of methoxy groups -OCH3 is 1. The van der Waals surface area contributed by atoms with Crippen molar-refractivity contribution >= 4 is 11.8 Å². The Bertz CT molecular complexity index is 956. The van der Waals surface area contributed by atoms with Crippen LogP contribution in [0.4, 0.5) is 0 Å². The summed E-state index contributed by atoms with van der Waals surface area (Å²) in [6, 6.07) is 7.50. The first-order chi connectivity index (χ1) is 15.1. The van der Waals surface area contributed by atoms with Gasteiger partial charge in [-0.3, -0.25) is 9.59 Å². The van der Waals surface area contributed by atoms with E-state index in [4.69, 9.17) is 4.74 Å². The Morgan fingerprint density at radius 1 is 1.16 bits per heavy atom. The monoisotopic (exact) mass is 422 g/mol. The molecule has 0 spiro atoms. The fourth-order valence-corrected chi connectivity index (χ4v) is 4.69. The first-order valence-corrected chi connectivity index (χ1v) is 11.1. The van der Waals surface area contributed by atoms with Gasteiger partial charge in [-0.05, 0) is 38.7 Å². The van der Waals surface area contributed by atoms with Gasteiger partial charge in [-0.25, -0.2) is 9.97 Å². The summed E-state index contributed by atoms with van der Waals surface area (Å²) in [4.78, 5) is 36.8. The van der Waals surface area contributed by atoms with E-state index < -0.39 is 0 Å². The quantitative estimate of drug-likeness (QED) is 0.769. The van der Waals surface area contributed by atoms with E-state index in [0.717, 1.165) is 56.4 Å². The molecule has 2 amide bonds. The van der Waals surface area contributed by atoms with Crippen LogP contribution in [-0.4, -0.2) is 40.3 Å². The summed E-state index contributed by atoms with van der Waals surface area (Å²) in [5.41, 5.74) is 1.98. The summed E-state index contributed by atoms with van der Waals surface area (Å²) in [7, 11) is 1.61. The van der Waals surface area contributed by atoms with Gasteiger partial charge in [-0.1, -0.05) is 31.0 Å². The number of rotatable bonds is 6. The number of aromatic nitrogens is 2. The van der Waals surface area contributed by atoms with Gasteiger partial charge in [0.1, 0.15) is 5.75 Å². The predicted octanol–water partition coefficient (Wildman–Crippen LogP) is 3.58. The lowest BCUT2D eigenvalue weighted by molar-refractivity contribution is -0.136. The number of amides is 2. The van der Waals surface area contributed by atoms with E-state index >= 15 is 0 Å². The van der Waals surface area contributed by atoms with Crippen LogP contribution in [0.25, 0.3) is 0 Å². The van der Waals surface area contributed by atoms with Crippen LogP contribution in [0.5, 0.6) is 5.75 Å². The van der Waals surface area contributed by atoms with Crippen LogP contribution in [0.3, 0.4) is 0 Å². The fraction of sp³-hybridized carbons (Fsp3) is 0.500. The van der Waals surface area contributed by atoms with E-state index in [9.17, 15) is 9.59 Å². The normalized spacial score (nSPS) is 18.9. The number of carbonyl (C=O) groups excluding carboxylic acids is 2. The van der Waals surface area contributed by atoms with Gasteiger partial charge < -0.3 is 15.0 Å². The van der Waals surface area contributed by atoms with E-state index in [1.165, 1.54) is 0 Å². The fourth-order valence-electron chi connectivity index (χ4n) is 4.69. The molecule has 1 N–H and O–H groups in total. The van der Waals surface area contributed by atoms with Gasteiger partial charge in [-0.15, -0.1) is 0 Å². The molecule has 2 aromatic rings. The molecule has 164 valence electrons. The summed E-state index contributed by atoms with van der Waals surface area (Å²) >= 11 is 0. The molecule has 0 bridgehead atoms. The van der Waals surface area contributed by atoms with Crippen LogP contribution in [-0.2, 0) is 11.3 Å². The number of benzene rings is 1. The molecule has 7 heteroatoms. The number of hydrogen-bond acceptors (Lipinski definition) is 5. The first-order valence-electron chi connectivity index (χ1n) is 11.1. The summed E-state index contributed by atoms with van der Waals surface area (Å²) in [6.45, 7) is 2.95. The van der Waals surface area contributed by atoms with E-state index in [-0.39, 0.29) is 23.8 Å². The SMILES string of the molecule is COc1ccccc1CNC(=O)c1cnc([C@H]2CCCN2C(=O)C2CCCC2)nc1C. The zero-order valence-corrected chi connectivity index (χ0v) is 18.3. The van der Waals surface area contributed by atoms with Crippen LogP contribution in [0, 0.1) is 12.8 Å². The van der Waals surface area contributed by atoms with E-state index in [1.54, 1.807) is 13.3 Å². The number of ether oxygens (including phenoxy) is 1. The zero-order valence-electron chi connectivity index (χ0n) is 18.3. The van der Waals surface area contributed by atoms with Crippen LogP contribution >= 0.6 is 0 Å². The van der Waals surface area contributed by atoms with Gasteiger partial charge in [0.05, 0.1) is 24.4 Å². The van der Waals surface area contributed by atoms with Crippen LogP contribution < -0.4 is 10.1 Å². The third kappa shape index (κ3) is 4.55. The first kappa shape index (κ1) is 21.3. The topological polar surface area (TPSA) is 84.4 Å². The molecular weight excluding hydrogens is 392 g/mol. The van der Waals surface area contributed by atoms with Crippen molar-refractivity contribution in [3.05, 3.63) is 53.1 Å². The summed E-state index contributed by atoms with van der Waals surface area (Å²) in [5.74, 6) is 1.56. The van der Waals surface area contributed by atoms with Gasteiger partial charge in [0.25, 0.3) is 5.91 Å². The maximum Gasteiger partial charge on any atom is 0.254 e. The highest BCUT2D eigenvalue weighted by molar-refractivity contribution is 5.94. The van der Waals surface area contributed by atoms with Crippen LogP contribution in [0.2, 0.25) is 0 Å². The molecule has 1 aliphatic heterocycles. The van der Waals surface area contributed by atoms with Crippen LogP contribution in [0.15, 0.2) is 30.5 Å². The minimum absolute atomic E-state index is 0.0857. The Morgan fingerprint density at radius 2 is 1.94 bits per heavy atom. The second-order valence-corrected chi connectivity index (χ2v) is 8.39. The van der Waals surface area contributed by atoms with Gasteiger partial charge in [0.2, 0.25) is 5.91 Å². The molecule has 1 aromatic carbocycles. The van der Waals surface area contributed by atoms with E-state index in [2.05, 4.69) is 15.3 Å². The van der Waals surface area contributed by atoms with Crippen molar-refractivity contribution in [1.29, 1.82) is 0 Å². The number of nitrogens with one attached hydrogen (secondary N) is 1. The highest BCUT2D eigenvalue weighted by Gasteiger charge is 2.36. The van der Waals surface area contributed by atoms with Gasteiger partial charge >= 0.3 is 0 Å². The van der Waals surface area contributed by atoms with E-state index in [1.807, 2.05) is 36.1 Å². The average Bonchev–Trinajstić information content (AvgIpc) is 3.49. The molecule has 7 nitrogen and oxygen atoms in total. The number of hydrogen-bond donors (Lipinski definition) is 1. The summed E-state index contributed by atoms with van der Waals surface area (Å²) in [5, 5.41) is 2.92. The number of nitrogens with zero attached hydrogens (tertiary/aromatic N) is 3. The van der Waals surface area contributed by atoms with Crippen molar-refractivity contribution in [3.8, 4) is 5.75 Å². The molecule has 2 heterocycles. The predicted molar refractivity (Wildman–Crippen MR) is 117 cm³/mol. The average molecular weight is 423 g/mol. The molecule has 2 fully saturated rings. The molecule has 1 atom stereocenters. The second kappa shape index (κ2) is 9.45. The Labute approximate surface area is 183 Å². The maximum atomic E-state index is 13.0. The van der Waals surface area contributed by atoms with Crippen molar-refractivity contribution in [2.45, 2.75) is 58.0 Å². The maximum absolute atomic E-state index is 13.0. The highest BCUT2D eigenvalue weighted by atomic mass is 16.5. The largest absolute Gasteiger partial charge is 0.496 e. The minimum atomic E-state index is -0.222. The molecule has 4 rings (SSSR count). The van der Waals surface area contributed by atoms with Gasteiger partial charge in [0.15, 0.2) is 5.82 Å². The molecule has 31 heavy (non-hydrogen) atoms. The molecule has 2 aliphatic rings. The third-order valence-corrected chi connectivity index (χ3v) is 6.41. The second-order valence-electron chi connectivity index (χ2n) is 8.39. The Kier molecular flexibility index (Phi) is 6.49. The lowest BCUT2D eigenvalue weighted by atomic mass is 10.1. The highest BCUT2D eigenvalue weighted by Crippen LogP contribution is 2.35. The van der Waals surface area contributed by atoms with Gasteiger partial charge in [0, 0.05) is 30.8 Å². The van der Waals surface area contributed by atoms with Crippen LogP contribution in [0.1, 0.15) is 72.0 Å². The van der Waals surface area contributed by atoms with Gasteiger partial charge in [-0.2, -0.15) is 0 Å². The number of carbonyl (C=O) groups is 2. The molecule has 1 aromatic heterocycles. The van der Waals surface area contributed by atoms with Crippen molar-refractivity contribution < 1.29 is 14.3 Å². The smallest absolute Gasteiger partial charge is 0.254 e. The Hall–Kier alpha value is -2.96. The molecule has 0 radical (unpaired) electrons. The lowest BCUT2D eigenvalue weighted by Crippen LogP contribution is -2.35. The molecular formula is C24H30N4O3. The standard InChI is InChI=1S/C24H30N4O3/c1-16-19(23(29)26-14-18-10-5-6-12-21(18)31-2)15-25-22(27-16)20-11-7-13-28(20)24(30)17-8-3-4-9-17/h5-6,10,12,15,17,20H,3-4,7-9,11,13-14H2,1-2H3,(H,26,29)/t20-/m1/s1. The van der Waals surface area contributed by atoms with E-state index in [0.29, 0.717) is 23.6 Å². The van der Waals surface area contributed by atoms with Crippen molar-refractivity contribution in [2.24, 2.45) is 5.92 Å². The summed E-state index contributed by atoms with van der Waals surface area (Å²) in [6.07, 6.45) is 7.70. The Morgan fingerprint density at radius 3 is 2.68 bits per heavy atom. The zero-order chi connectivity index (χ0) is 21.8. The molecule has 0 unspecified atom stereocenters. The molecule has 1 saturated carbocycles. The number of aryl methyl sites for hydroxylation is 1. The van der Waals surface area contributed by atoms with Crippen molar-refractivity contribution in [3.63, 3.8) is 0 Å². The third-order valence-electron chi connectivity index (χ3n) is 6.41. The van der Waals surface area contributed by atoms with Crippen molar-refractivity contribution in [1.82, 2.24) is 20.2 Å². The Balaban J connectivity index is 1.44. The lowest BCUT2D eigenvalue weighted by Gasteiger charge is -2.26. The number of para-hydroxylation sites is 1. The number of likely N-dealkylation sites (tertiary alicyclic amines) is 1. The molecule has 1 aliphatic carbocycles. The van der Waals surface area contributed by atoms with Crippen molar-refractivity contribution in [2.75, 3.05) is 13.7 Å². The summed E-state index contributed by atoms with van der Waals surface area (Å²) < 4.78 is 5.34. The minimum Gasteiger partial charge on any atom is -0.496 e. The molecule has 1 saturated heterocycles.